The molecule has 0 heterocycles. The number of aryl methyl sites for hydroxylation is 1. The lowest BCUT2D eigenvalue weighted by Gasteiger charge is -2.14. The third kappa shape index (κ3) is 4.41. The van der Waals surface area contributed by atoms with Crippen LogP contribution in [0.1, 0.15) is 29.3 Å². The van der Waals surface area contributed by atoms with E-state index in [-0.39, 0.29) is 17.6 Å². The molecular formula is C17H18N2O3. The van der Waals surface area contributed by atoms with E-state index in [1.165, 1.54) is 29.8 Å². The van der Waals surface area contributed by atoms with Crippen molar-refractivity contribution in [1.82, 2.24) is 5.32 Å². The lowest BCUT2D eigenvalue weighted by atomic mass is 10.1. The van der Waals surface area contributed by atoms with Crippen LogP contribution in [0.25, 0.3) is 0 Å². The number of nitrogens with one attached hydrogen (secondary N) is 1. The van der Waals surface area contributed by atoms with Gasteiger partial charge in [0.1, 0.15) is 0 Å². The van der Waals surface area contributed by atoms with E-state index in [2.05, 4.69) is 17.4 Å². The number of benzene rings is 2. The predicted octanol–water partition coefficient (Wildman–Crippen LogP) is 3.35. The van der Waals surface area contributed by atoms with Crippen molar-refractivity contribution in [2.45, 2.75) is 25.8 Å². The predicted molar refractivity (Wildman–Crippen MR) is 84.8 cm³/mol. The molecule has 0 aliphatic heterocycles. The van der Waals surface area contributed by atoms with Gasteiger partial charge in [-0.1, -0.05) is 30.3 Å². The van der Waals surface area contributed by atoms with Gasteiger partial charge in [-0.15, -0.1) is 0 Å². The fraction of sp³-hybridized carbons (Fsp3) is 0.235. The van der Waals surface area contributed by atoms with Gasteiger partial charge >= 0.3 is 0 Å². The number of non-ortho nitro benzene ring substituents is 1. The minimum Gasteiger partial charge on any atom is -0.350 e. The van der Waals surface area contributed by atoms with E-state index in [1.54, 1.807) is 0 Å². The topological polar surface area (TPSA) is 72.2 Å². The van der Waals surface area contributed by atoms with Gasteiger partial charge in [0.15, 0.2) is 0 Å². The second kappa shape index (κ2) is 7.36. The molecule has 5 nitrogen and oxygen atoms in total. The maximum atomic E-state index is 12.1. The summed E-state index contributed by atoms with van der Waals surface area (Å²) in [5, 5.41) is 13.5. The highest BCUT2D eigenvalue weighted by Gasteiger charge is 2.12. The van der Waals surface area contributed by atoms with E-state index in [0.717, 1.165) is 12.8 Å². The van der Waals surface area contributed by atoms with Gasteiger partial charge in [-0.2, -0.15) is 0 Å². The minimum absolute atomic E-state index is 0.0197. The molecule has 5 heteroatoms. The number of hydrogen-bond donors (Lipinski definition) is 1. The Morgan fingerprint density at radius 1 is 1.14 bits per heavy atom. The maximum Gasteiger partial charge on any atom is 0.269 e. The van der Waals surface area contributed by atoms with Crippen LogP contribution in [0.3, 0.4) is 0 Å². The zero-order valence-corrected chi connectivity index (χ0v) is 12.4. The van der Waals surface area contributed by atoms with Gasteiger partial charge in [0.05, 0.1) is 4.92 Å². The van der Waals surface area contributed by atoms with Crippen LogP contribution in [0, 0.1) is 10.1 Å². The third-order valence-electron chi connectivity index (χ3n) is 3.43. The highest BCUT2D eigenvalue weighted by Crippen LogP contribution is 2.12. The molecule has 0 spiro atoms. The Morgan fingerprint density at radius 3 is 2.36 bits per heavy atom. The van der Waals surface area contributed by atoms with Crippen molar-refractivity contribution in [3.8, 4) is 0 Å². The van der Waals surface area contributed by atoms with Crippen LogP contribution in [0.2, 0.25) is 0 Å². The first-order valence-corrected chi connectivity index (χ1v) is 7.15. The highest BCUT2D eigenvalue weighted by atomic mass is 16.6. The lowest BCUT2D eigenvalue weighted by molar-refractivity contribution is -0.384. The zero-order chi connectivity index (χ0) is 15.9. The molecule has 0 saturated carbocycles. The monoisotopic (exact) mass is 298 g/mol. The molecule has 0 saturated heterocycles. The quantitative estimate of drug-likeness (QED) is 0.656. The van der Waals surface area contributed by atoms with Gasteiger partial charge in [-0.25, -0.2) is 0 Å². The first-order chi connectivity index (χ1) is 10.6. The Hall–Kier alpha value is -2.69. The summed E-state index contributed by atoms with van der Waals surface area (Å²) in [7, 11) is 0. The first-order valence-electron chi connectivity index (χ1n) is 7.15. The number of carbonyl (C=O) groups is 1. The fourth-order valence-electron chi connectivity index (χ4n) is 2.14. The maximum absolute atomic E-state index is 12.1. The van der Waals surface area contributed by atoms with Crippen LogP contribution < -0.4 is 5.32 Å². The molecule has 114 valence electrons. The molecule has 2 rings (SSSR count). The van der Waals surface area contributed by atoms with Crippen molar-refractivity contribution in [1.29, 1.82) is 0 Å². The van der Waals surface area contributed by atoms with E-state index < -0.39 is 4.92 Å². The van der Waals surface area contributed by atoms with Crippen molar-refractivity contribution in [2.75, 3.05) is 0 Å². The molecule has 1 atom stereocenters. The van der Waals surface area contributed by atoms with Crippen LogP contribution in [0.5, 0.6) is 0 Å². The Morgan fingerprint density at radius 2 is 1.77 bits per heavy atom. The van der Waals surface area contributed by atoms with Crippen LogP contribution in [0.15, 0.2) is 54.6 Å². The highest BCUT2D eigenvalue weighted by molar-refractivity contribution is 5.94. The van der Waals surface area contributed by atoms with Crippen LogP contribution >= 0.6 is 0 Å². The summed E-state index contributed by atoms with van der Waals surface area (Å²) in [5.41, 5.74) is 1.64. The zero-order valence-electron chi connectivity index (χ0n) is 12.4. The number of nitro benzene ring substituents is 1. The Kier molecular flexibility index (Phi) is 5.25. The molecule has 0 aliphatic rings. The lowest BCUT2D eigenvalue weighted by Crippen LogP contribution is -2.32. The molecule has 0 unspecified atom stereocenters. The second-order valence-corrected chi connectivity index (χ2v) is 5.20. The summed E-state index contributed by atoms with van der Waals surface area (Å²) in [6, 6.07) is 15.7. The van der Waals surface area contributed by atoms with Crippen molar-refractivity contribution >= 4 is 11.6 Å². The van der Waals surface area contributed by atoms with Gasteiger partial charge in [-0.05, 0) is 37.5 Å². The van der Waals surface area contributed by atoms with Crippen LogP contribution in [-0.4, -0.2) is 16.9 Å². The van der Waals surface area contributed by atoms with Gasteiger partial charge in [0.2, 0.25) is 0 Å². The number of nitro groups is 1. The molecule has 0 aliphatic carbocycles. The summed E-state index contributed by atoms with van der Waals surface area (Å²) in [6.45, 7) is 1.95. The molecule has 2 aromatic carbocycles. The van der Waals surface area contributed by atoms with E-state index in [1.807, 2.05) is 25.1 Å². The smallest absolute Gasteiger partial charge is 0.269 e. The standard InChI is InChI=1S/C17H18N2O3/c1-13(7-8-14-5-3-2-4-6-14)18-17(20)15-9-11-16(12-10-15)19(21)22/h2-6,9-13H,7-8H2,1H3,(H,18,20)/t13-/m1/s1. The number of carbonyl (C=O) groups excluding carboxylic acids is 1. The Balaban J connectivity index is 1.86. The van der Waals surface area contributed by atoms with Gasteiger partial charge in [-0.3, -0.25) is 14.9 Å². The molecule has 2 aromatic rings. The summed E-state index contributed by atoms with van der Waals surface area (Å²) in [6.07, 6.45) is 1.73. The van der Waals surface area contributed by atoms with Crippen molar-refractivity contribution in [2.24, 2.45) is 0 Å². The number of nitrogens with zero attached hydrogens (tertiary/aromatic N) is 1. The first kappa shape index (κ1) is 15.7. The van der Waals surface area contributed by atoms with E-state index in [4.69, 9.17) is 0 Å². The average molecular weight is 298 g/mol. The fourth-order valence-corrected chi connectivity index (χ4v) is 2.14. The molecule has 1 amide bonds. The normalized spacial score (nSPS) is 11.7. The molecule has 1 N–H and O–H groups in total. The largest absolute Gasteiger partial charge is 0.350 e. The minimum atomic E-state index is -0.482. The second-order valence-electron chi connectivity index (χ2n) is 5.20. The van der Waals surface area contributed by atoms with Gasteiger partial charge in [0.25, 0.3) is 11.6 Å². The van der Waals surface area contributed by atoms with Crippen molar-refractivity contribution in [3.05, 3.63) is 75.8 Å². The number of amides is 1. The number of hydrogen-bond acceptors (Lipinski definition) is 3. The van der Waals surface area contributed by atoms with Crippen molar-refractivity contribution in [3.63, 3.8) is 0 Å². The van der Waals surface area contributed by atoms with Crippen LogP contribution in [0.4, 0.5) is 5.69 Å². The Bertz CT molecular complexity index is 639. The molecule has 0 fully saturated rings. The van der Waals surface area contributed by atoms with Gasteiger partial charge in [0, 0.05) is 23.7 Å². The number of rotatable bonds is 6. The van der Waals surface area contributed by atoms with E-state index in [0.29, 0.717) is 5.56 Å². The van der Waals surface area contributed by atoms with Crippen LogP contribution in [-0.2, 0) is 6.42 Å². The molecule has 22 heavy (non-hydrogen) atoms. The Labute approximate surface area is 129 Å². The average Bonchev–Trinajstić information content (AvgIpc) is 2.54. The summed E-state index contributed by atoms with van der Waals surface area (Å²) in [4.78, 5) is 22.2. The third-order valence-corrected chi connectivity index (χ3v) is 3.43. The van der Waals surface area contributed by atoms with E-state index in [9.17, 15) is 14.9 Å². The summed E-state index contributed by atoms with van der Waals surface area (Å²) < 4.78 is 0. The van der Waals surface area contributed by atoms with Crippen molar-refractivity contribution < 1.29 is 9.72 Å². The molecule has 0 radical (unpaired) electrons. The SMILES string of the molecule is C[C@H](CCc1ccccc1)NC(=O)c1ccc([N+](=O)[O-])cc1. The molecule has 0 aromatic heterocycles. The van der Waals surface area contributed by atoms with E-state index >= 15 is 0 Å². The molecule has 0 bridgehead atoms. The summed E-state index contributed by atoms with van der Waals surface area (Å²) in [5.74, 6) is -0.213. The summed E-state index contributed by atoms with van der Waals surface area (Å²) >= 11 is 0. The van der Waals surface area contributed by atoms with Gasteiger partial charge < -0.3 is 5.32 Å². The molecular weight excluding hydrogens is 280 g/mol.